The van der Waals surface area contributed by atoms with Crippen molar-refractivity contribution in [2.75, 3.05) is 18.9 Å². The number of carbonyl (C=O) groups excluding carboxylic acids is 2. The van der Waals surface area contributed by atoms with E-state index in [-0.39, 0.29) is 44.1 Å². The van der Waals surface area contributed by atoms with Crippen LogP contribution in [0.25, 0.3) is 11.1 Å². The largest absolute Gasteiger partial charge is 0.478 e. The van der Waals surface area contributed by atoms with Crippen molar-refractivity contribution in [3.8, 4) is 11.1 Å². The lowest BCUT2D eigenvalue weighted by molar-refractivity contribution is -0.245. The lowest BCUT2D eigenvalue weighted by Crippen LogP contribution is -2.38. The average Bonchev–Trinajstić information content (AvgIpc) is 3.12. The quantitative estimate of drug-likeness (QED) is 0.0960. The van der Waals surface area contributed by atoms with Crippen LogP contribution in [0.4, 0.5) is 4.79 Å². The third-order valence-corrected chi connectivity index (χ3v) is 8.87. The van der Waals surface area contributed by atoms with Crippen LogP contribution < -0.4 is 10.6 Å². The zero-order valence-electron chi connectivity index (χ0n) is 26.5. The van der Waals surface area contributed by atoms with E-state index in [1.807, 2.05) is 72.8 Å². The Balaban J connectivity index is 1.29. The van der Waals surface area contributed by atoms with Crippen LogP contribution in [0.2, 0.25) is 0 Å². The Morgan fingerprint density at radius 3 is 2.29 bits per heavy atom. The molecule has 0 saturated carbocycles. The first-order valence-corrected chi connectivity index (χ1v) is 16.6. The van der Waals surface area contributed by atoms with Crippen molar-refractivity contribution in [2.24, 2.45) is 0 Å². The molecule has 0 aromatic heterocycles. The van der Waals surface area contributed by atoms with Gasteiger partial charge in [0, 0.05) is 29.2 Å². The Bertz CT molecular complexity index is 1700. The highest BCUT2D eigenvalue weighted by molar-refractivity contribution is 7.99. The number of ether oxygens (including phenoxy) is 3. The molecule has 1 saturated heterocycles. The summed E-state index contributed by atoms with van der Waals surface area (Å²) in [7, 11) is 0. The van der Waals surface area contributed by atoms with Gasteiger partial charge in [0.1, 0.15) is 6.54 Å². The summed E-state index contributed by atoms with van der Waals surface area (Å²) >= 11 is 1.60. The van der Waals surface area contributed by atoms with Gasteiger partial charge in [-0.1, -0.05) is 60.7 Å². The SMILES string of the molecule is CCOC(=O)CNC(=O)NCc1cccc(-c2cccc([C@H]3O[C@@H](CSc4ccc(C(=O)O)cc4)C[C@@H](c4ccc(CO)cc4)O3)c2)c1. The van der Waals surface area contributed by atoms with Crippen molar-refractivity contribution < 1.29 is 38.8 Å². The van der Waals surface area contributed by atoms with Gasteiger partial charge < -0.3 is 35.1 Å². The number of hydrogen-bond acceptors (Lipinski definition) is 8. The van der Waals surface area contributed by atoms with Crippen LogP contribution in [-0.4, -0.2) is 53.2 Å². The van der Waals surface area contributed by atoms with E-state index in [0.717, 1.165) is 38.3 Å². The maximum atomic E-state index is 12.2. The van der Waals surface area contributed by atoms with Crippen LogP contribution in [0.1, 0.15) is 58.4 Å². The Kier molecular flexibility index (Phi) is 12.2. The van der Waals surface area contributed by atoms with Crippen LogP contribution >= 0.6 is 11.8 Å². The molecule has 48 heavy (non-hydrogen) atoms. The predicted octanol–water partition coefficient (Wildman–Crippen LogP) is 6.24. The number of rotatable bonds is 13. The summed E-state index contributed by atoms with van der Waals surface area (Å²) in [5.41, 5.74) is 5.69. The summed E-state index contributed by atoms with van der Waals surface area (Å²) in [5.74, 6) is -0.818. The summed E-state index contributed by atoms with van der Waals surface area (Å²) in [6.07, 6.45) is -0.431. The number of aliphatic hydroxyl groups is 1. The number of benzene rings is 4. The monoisotopic (exact) mass is 670 g/mol. The Labute approximate surface area is 283 Å². The van der Waals surface area contributed by atoms with E-state index in [4.69, 9.17) is 14.2 Å². The van der Waals surface area contributed by atoms with Gasteiger partial charge in [0.2, 0.25) is 0 Å². The molecule has 1 aliphatic rings. The number of carboxylic acid groups (broad SMARTS) is 1. The van der Waals surface area contributed by atoms with Crippen molar-refractivity contribution in [2.45, 2.75) is 49.9 Å². The maximum Gasteiger partial charge on any atom is 0.335 e. The number of carboxylic acids is 1. The molecule has 1 fully saturated rings. The van der Waals surface area contributed by atoms with Gasteiger partial charge in [-0.25, -0.2) is 9.59 Å². The Morgan fingerprint density at radius 1 is 0.854 bits per heavy atom. The van der Waals surface area contributed by atoms with E-state index in [9.17, 15) is 24.6 Å². The molecular weight excluding hydrogens is 632 g/mol. The second-order valence-corrected chi connectivity index (χ2v) is 12.3. The molecule has 2 amide bonds. The molecule has 0 unspecified atom stereocenters. The van der Waals surface area contributed by atoms with Crippen molar-refractivity contribution in [1.82, 2.24) is 10.6 Å². The molecule has 250 valence electrons. The third kappa shape index (κ3) is 9.68. The second kappa shape index (κ2) is 16.9. The molecule has 0 bridgehead atoms. The number of aromatic carboxylic acids is 1. The molecule has 4 aromatic carbocycles. The standard InChI is InChI=1S/C37H38N2O8S/c1-2-45-34(41)21-39-37(44)38-20-25-5-3-6-28(17-25)29-7-4-8-30(18-29)36-46-31(23-48-32-15-13-27(14-16-32)35(42)43)19-33(47-36)26-11-9-24(22-40)10-12-26/h3-18,31,33,36,40H,2,19-23H2,1H3,(H,42,43)(H2,38,39,44)/t31-,33+,36+/m1/s1. The van der Waals surface area contributed by atoms with Crippen molar-refractivity contribution >= 4 is 29.7 Å². The molecule has 11 heteroatoms. The molecule has 4 aromatic rings. The molecule has 4 N–H and O–H groups in total. The minimum Gasteiger partial charge on any atom is -0.478 e. The first kappa shape index (κ1) is 34.6. The van der Waals surface area contributed by atoms with Crippen molar-refractivity contribution in [3.05, 3.63) is 125 Å². The summed E-state index contributed by atoms with van der Waals surface area (Å²) in [4.78, 5) is 35.9. The molecule has 0 spiro atoms. The minimum atomic E-state index is -0.960. The smallest absolute Gasteiger partial charge is 0.335 e. The van der Waals surface area contributed by atoms with Gasteiger partial charge in [-0.05, 0) is 71.1 Å². The zero-order valence-corrected chi connectivity index (χ0v) is 27.3. The normalized spacial score (nSPS) is 17.3. The molecular formula is C37H38N2O8S. The number of aliphatic hydroxyl groups excluding tert-OH is 1. The molecule has 0 radical (unpaired) electrons. The zero-order chi connectivity index (χ0) is 33.9. The molecule has 5 rings (SSSR count). The van der Waals surface area contributed by atoms with Gasteiger partial charge >= 0.3 is 18.0 Å². The minimum absolute atomic E-state index is 0.0375. The molecule has 3 atom stereocenters. The van der Waals surface area contributed by atoms with E-state index in [1.54, 1.807) is 43.0 Å². The lowest BCUT2D eigenvalue weighted by atomic mass is 9.99. The van der Waals surface area contributed by atoms with Gasteiger partial charge in [0.15, 0.2) is 6.29 Å². The molecule has 0 aliphatic carbocycles. The van der Waals surface area contributed by atoms with Gasteiger partial charge in [0.25, 0.3) is 0 Å². The topological polar surface area (TPSA) is 143 Å². The van der Waals surface area contributed by atoms with E-state index in [1.165, 1.54) is 0 Å². The van der Waals surface area contributed by atoms with E-state index in [2.05, 4.69) is 10.6 Å². The number of amides is 2. The van der Waals surface area contributed by atoms with Crippen LogP contribution in [0.15, 0.2) is 102 Å². The fourth-order valence-corrected chi connectivity index (χ4v) is 6.16. The highest BCUT2D eigenvalue weighted by Crippen LogP contribution is 2.40. The molecule has 10 nitrogen and oxygen atoms in total. The molecule has 1 aliphatic heterocycles. The second-order valence-electron chi connectivity index (χ2n) is 11.2. The van der Waals surface area contributed by atoms with Crippen molar-refractivity contribution in [3.63, 3.8) is 0 Å². The van der Waals surface area contributed by atoms with E-state index >= 15 is 0 Å². The van der Waals surface area contributed by atoms with E-state index < -0.39 is 24.3 Å². The average molecular weight is 671 g/mol. The first-order valence-electron chi connectivity index (χ1n) is 15.6. The van der Waals surface area contributed by atoms with Crippen LogP contribution in [0, 0.1) is 0 Å². The van der Waals surface area contributed by atoms with Crippen LogP contribution in [0.3, 0.4) is 0 Å². The van der Waals surface area contributed by atoms with Gasteiger partial charge in [-0.2, -0.15) is 0 Å². The van der Waals surface area contributed by atoms with Gasteiger partial charge in [-0.15, -0.1) is 11.8 Å². The Hall–Kier alpha value is -4.68. The highest BCUT2D eigenvalue weighted by Gasteiger charge is 2.32. The number of nitrogens with one attached hydrogen (secondary N) is 2. The lowest BCUT2D eigenvalue weighted by Gasteiger charge is -2.36. The fourth-order valence-electron chi connectivity index (χ4n) is 5.24. The van der Waals surface area contributed by atoms with E-state index in [0.29, 0.717) is 12.2 Å². The maximum absolute atomic E-state index is 12.2. The first-order chi connectivity index (χ1) is 23.3. The highest BCUT2D eigenvalue weighted by atomic mass is 32.2. The number of hydrogen-bond donors (Lipinski definition) is 4. The van der Waals surface area contributed by atoms with Crippen molar-refractivity contribution in [1.29, 1.82) is 0 Å². The number of esters is 1. The molecule has 1 heterocycles. The van der Waals surface area contributed by atoms with Crippen LogP contribution in [-0.2, 0) is 32.2 Å². The summed E-state index contributed by atoms with van der Waals surface area (Å²) in [6.45, 7) is 1.99. The fraction of sp³-hybridized carbons (Fsp3) is 0.270. The summed E-state index contributed by atoms with van der Waals surface area (Å²) in [6, 6.07) is 29.9. The number of carbonyl (C=O) groups is 3. The van der Waals surface area contributed by atoms with Gasteiger partial charge in [0.05, 0.1) is 31.0 Å². The summed E-state index contributed by atoms with van der Waals surface area (Å²) < 4.78 is 17.9. The predicted molar refractivity (Wildman–Crippen MR) is 181 cm³/mol. The summed E-state index contributed by atoms with van der Waals surface area (Å²) in [5, 5.41) is 24.0. The third-order valence-electron chi connectivity index (χ3n) is 7.72. The number of urea groups is 1. The van der Waals surface area contributed by atoms with Crippen LogP contribution in [0.5, 0.6) is 0 Å². The Morgan fingerprint density at radius 2 is 1.58 bits per heavy atom. The number of thioether (sulfide) groups is 1. The van der Waals surface area contributed by atoms with Gasteiger partial charge in [-0.3, -0.25) is 4.79 Å².